The molecule has 3 nitrogen and oxygen atoms in total. The largest absolute Gasteiger partial charge is 0.485 e. The lowest BCUT2D eigenvalue weighted by molar-refractivity contribution is 0.0925. The first-order valence-corrected chi connectivity index (χ1v) is 6.75. The normalized spacial score (nSPS) is 9.89. The van der Waals surface area contributed by atoms with Crippen molar-refractivity contribution >= 4 is 28.7 Å². The standard InChI is InChI=1S/C14H10ClNO2S/c15-14-6-5-13(19-14)12(17)9-18-11-3-1-10(2-4-11)7-8-16/h1-6H,7,9H2. The zero-order valence-corrected chi connectivity index (χ0v) is 11.5. The van der Waals surface area contributed by atoms with Crippen molar-refractivity contribution in [2.45, 2.75) is 6.42 Å². The van der Waals surface area contributed by atoms with Gasteiger partial charge in [-0.2, -0.15) is 5.26 Å². The van der Waals surface area contributed by atoms with Crippen LogP contribution in [0.2, 0.25) is 4.34 Å². The van der Waals surface area contributed by atoms with E-state index in [-0.39, 0.29) is 12.4 Å². The van der Waals surface area contributed by atoms with Gasteiger partial charge in [0.2, 0.25) is 5.78 Å². The molecule has 0 saturated carbocycles. The maximum absolute atomic E-state index is 11.8. The Hall–Kier alpha value is -1.83. The minimum absolute atomic E-state index is 0.0194. The lowest BCUT2D eigenvalue weighted by Crippen LogP contribution is -2.09. The van der Waals surface area contributed by atoms with Crippen LogP contribution in [0.4, 0.5) is 0 Å². The molecule has 0 unspecified atom stereocenters. The van der Waals surface area contributed by atoms with E-state index in [1.807, 2.05) is 12.1 Å². The Morgan fingerprint density at radius 2 is 2.00 bits per heavy atom. The fourth-order valence-electron chi connectivity index (χ4n) is 1.48. The van der Waals surface area contributed by atoms with Gasteiger partial charge in [0.15, 0.2) is 6.61 Å². The average Bonchev–Trinajstić information content (AvgIpc) is 2.85. The molecule has 96 valence electrons. The number of benzene rings is 1. The summed E-state index contributed by atoms with van der Waals surface area (Å²) in [5.41, 5.74) is 0.922. The van der Waals surface area contributed by atoms with E-state index in [9.17, 15) is 4.79 Å². The number of ether oxygens (including phenoxy) is 1. The van der Waals surface area contributed by atoms with Crippen LogP contribution < -0.4 is 4.74 Å². The Balaban J connectivity index is 1.92. The maximum atomic E-state index is 11.8. The summed E-state index contributed by atoms with van der Waals surface area (Å²) in [6.45, 7) is -0.0194. The third-order valence-electron chi connectivity index (χ3n) is 2.42. The molecule has 2 aromatic rings. The van der Waals surface area contributed by atoms with Gasteiger partial charge in [0.05, 0.1) is 21.7 Å². The van der Waals surface area contributed by atoms with Crippen LogP contribution in [-0.4, -0.2) is 12.4 Å². The van der Waals surface area contributed by atoms with Gasteiger partial charge in [0.1, 0.15) is 5.75 Å². The zero-order valence-electron chi connectivity index (χ0n) is 9.93. The van der Waals surface area contributed by atoms with Gasteiger partial charge in [0, 0.05) is 0 Å². The molecule has 1 heterocycles. The number of Topliss-reactive ketones (excluding diaryl/α,β-unsaturated/α-hetero) is 1. The summed E-state index contributed by atoms with van der Waals surface area (Å²) in [6.07, 6.45) is 0.368. The van der Waals surface area contributed by atoms with Crippen molar-refractivity contribution in [3.8, 4) is 11.8 Å². The topological polar surface area (TPSA) is 50.1 Å². The van der Waals surface area contributed by atoms with Crippen LogP contribution in [0.3, 0.4) is 0 Å². The van der Waals surface area contributed by atoms with Crippen molar-refractivity contribution in [3.05, 3.63) is 51.2 Å². The van der Waals surface area contributed by atoms with E-state index in [2.05, 4.69) is 6.07 Å². The number of nitriles is 1. The highest BCUT2D eigenvalue weighted by Crippen LogP contribution is 2.22. The molecular weight excluding hydrogens is 282 g/mol. The van der Waals surface area contributed by atoms with Crippen LogP contribution in [0, 0.1) is 11.3 Å². The van der Waals surface area contributed by atoms with E-state index in [1.54, 1.807) is 24.3 Å². The number of thiophene rings is 1. The monoisotopic (exact) mass is 291 g/mol. The Bertz CT molecular complexity index is 613. The van der Waals surface area contributed by atoms with Gasteiger partial charge in [-0.1, -0.05) is 23.7 Å². The Labute approximate surface area is 120 Å². The summed E-state index contributed by atoms with van der Waals surface area (Å²) in [7, 11) is 0. The second-order valence-electron chi connectivity index (χ2n) is 3.79. The number of hydrogen-bond acceptors (Lipinski definition) is 4. The van der Waals surface area contributed by atoms with Crippen LogP contribution in [0.15, 0.2) is 36.4 Å². The van der Waals surface area contributed by atoms with Crippen LogP contribution in [0.25, 0.3) is 0 Å². The summed E-state index contributed by atoms with van der Waals surface area (Å²) in [5.74, 6) is 0.510. The van der Waals surface area contributed by atoms with Crippen molar-refractivity contribution in [1.82, 2.24) is 0 Å². The Morgan fingerprint density at radius 1 is 1.26 bits per heavy atom. The molecule has 0 radical (unpaired) electrons. The van der Waals surface area contributed by atoms with Crippen molar-refractivity contribution in [1.29, 1.82) is 5.26 Å². The third kappa shape index (κ3) is 3.82. The quantitative estimate of drug-likeness (QED) is 0.789. The molecule has 0 saturated heterocycles. The fraction of sp³-hybridized carbons (Fsp3) is 0.143. The Morgan fingerprint density at radius 3 is 2.58 bits per heavy atom. The van der Waals surface area contributed by atoms with Crippen molar-refractivity contribution < 1.29 is 9.53 Å². The molecular formula is C14H10ClNO2S. The summed E-state index contributed by atoms with van der Waals surface area (Å²) in [4.78, 5) is 12.4. The van der Waals surface area contributed by atoms with Crippen LogP contribution in [0.5, 0.6) is 5.75 Å². The highest BCUT2D eigenvalue weighted by molar-refractivity contribution is 7.18. The molecule has 0 N–H and O–H groups in total. The van der Waals surface area contributed by atoms with Gasteiger partial charge >= 0.3 is 0 Å². The van der Waals surface area contributed by atoms with Crippen molar-refractivity contribution in [2.24, 2.45) is 0 Å². The fourth-order valence-corrected chi connectivity index (χ4v) is 2.45. The molecule has 1 aromatic heterocycles. The predicted molar refractivity (Wildman–Crippen MR) is 74.9 cm³/mol. The number of carbonyl (C=O) groups excluding carboxylic acids is 1. The zero-order chi connectivity index (χ0) is 13.7. The minimum atomic E-state index is -0.0991. The average molecular weight is 292 g/mol. The van der Waals surface area contributed by atoms with Gasteiger partial charge in [0.25, 0.3) is 0 Å². The summed E-state index contributed by atoms with van der Waals surface area (Å²) in [6, 6.07) is 12.6. The lowest BCUT2D eigenvalue weighted by atomic mass is 10.2. The van der Waals surface area contributed by atoms with E-state index >= 15 is 0 Å². The van der Waals surface area contributed by atoms with E-state index in [1.165, 1.54) is 11.3 Å². The minimum Gasteiger partial charge on any atom is -0.485 e. The van der Waals surface area contributed by atoms with Gasteiger partial charge in [-0.15, -0.1) is 11.3 Å². The van der Waals surface area contributed by atoms with Gasteiger partial charge < -0.3 is 4.74 Å². The van der Waals surface area contributed by atoms with Gasteiger partial charge in [-0.05, 0) is 29.8 Å². The number of ketones is 1. The van der Waals surface area contributed by atoms with E-state index in [0.29, 0.717) is 21.4 Å². The molecule has 0 fully saturated rings. The van der Waals surface area contributed by atoms with Crippen LogP contribution in [-0.2, 0) is 6.42 Å². The number of rotatable bonds is 5. The molecule has 0 bridgehead atoms. The van der Waals surface area contributed by atoms with Crippen LogP contribution in [0.1, 0.15) is 15.2 Å². The van der Waals surface area contributed by atoms with E-state index in [0.717, 1.165) is 5.56 Å². The highest BCUT2D eigenvalue weighted by atomic mass is 35.5. The lowest BCUT2D eigenvalue weighted by Gasteiger charge is -2.04. The SMILES string of the molecule is N#CCc1ccc(OCC(=O)c2ccc(Cl)s2)cc1. The van der Waals surface area contributed by atoms with E-state index in [4.69, 9.17) is 21.6 Å². The molecule has 0 aliphatic rings. The number of halogens is 1. The molecule has 0 spiro atoms. The molecule has 0 aliphatic heterocycles. The smallest absolute Gasteiger partial charge is 0.210 e. The second kappa shape index (κ2) is 6.37. The first-order chi connectivity index (χ1) is 9.19. The van der Waals surface area contributed by atoms with Crippen molar-refractivity contribution in [3.63, 3.8) is 0 Å². The number of carbonyl (C=O) groups is 1. The summed E-state index contributed by atoms with van der Waals surface area (Å²) in [5, 5.41) is 8.56. The predicted octanol–water partition coefficient (Wildman–Crippen LogP) is 3.73. The molecule has 5 heteroatoms. The molecule has 0 amide bonds. The molecule has 0 atom stereocenters. The maximum Gasteiger partial charge on any atom is 0.210 e. The molecule has 1 aromatic carbocycles. The third-order valence-corrected chi connectivity index (χ3v) is 3.70. The summed E-state index contributed by atoms with van der Waals surface area (Å²) < 4.78 is 5.98. The highest BCUT2D eigenvalue weighted by Gasteiger charge is 2.09. The second-order valence-corrected chi connectivity index (χ2v) is 5.51. The van der Waals surface area contributed by atoms with Gasteiger partial charge in [-0.25, -0.2) is 0 Å². The first-order valence-electron chi connectivity index (χ1n) is 5.56. The van der Waals surface area contributed by atoms with Crippen molar-refractivity contribution in [2.75, 3.05) is 6.61 Å². The van der Waals surface area contributed by atoms with Crippen LogP contribution >= 0.6 is 22.9 Å². The van der Waals surface area contributed by atoms with E-state index < -0.39 is 0 Å². The number of nitrogens with zero attached hydrogens (tertiary/aromatic N) is 1. The molecule has 0 aliphatic carbocycles. The molecule has 19 heavy (non-hydrogen) atoms. The number of hydrogen-bond donors (Lipinski definition) is 0. The Kier molecular flexibility index (Phi) is 4.56. The summed E-state index contributed by atoms with van der Waals surface area (Å²) >= 11 is 7.01. The first kappa shape index (κ1) is 13.6. The van der Waals surface area contributed by atoms with Gasteiger partial charge in [-0.3, -0.25) is 4.79 Å². The molecule has 2 rings (SSSR count).